The molecule has 0 radical (unpaired) electrons. The smallest absolute Gasteiger partial charge is 0.391 e. The van der Waals surface area contributed by atoms with Gasteiger partial charge in [0.2, 0.25) is 0 Å². The highest BCUT2D eigenvalue weighted by Crippen LogP contribution is 2.45. The van der Waals surface area contributed by atoms with E-state index in [0.29, 0.717) is 48.5 Å². The average Bonchev–Trinajstić information content (AvgIpc) is 3.08. The summed E-state index contributed by atoms with van der Waals surface area (Å²) in [6.45, 7) is 2.18. The lowest BCUT2D eigenvalue weighted by Crippen LogP contribution is -2.45. The average molecular weight is 510 g/mol. The largest absolute Gasteiger partial charge is 0.489 e. The lowest BCUT2D eigenvalue weighted by molar-refractivity contribution is -0.185. The summed E-state index contributed by atoms with van der Waals surface area (Å²) in [6.07, 6.45) is 0.0407. The first-order valence-corrected chi connectivity index (χ1v) is 13.0. The molecule has 5 rings (SSSR count). The molecule has 3 atom stereocenters. The van der Waals surface area contributed by atoms with Crippen LogP contribution in [0.3, 0.4) is 0 Å². The SMILES string of the molecule is CC(c1ccc2c(Cl)c(OC3CCC(C(F)(F)F)CC3)ccc2c1)N1C2CCC1CC(C(=O)O)C2. The second-order valence-corrected chi connectivity index (χ2v) is 10.9. The number of hydrogen-bond acceptors (Lipinski definition) is 3. The third-order valence-electron chi connectivity index (χ3n) is 8.44. The fourth-order valence-electron chi connectivity index (χ4n) is 6.55. The zero-order chi connectivity index (χ0) is 24.9. The third kappa shape index (κ3) is 4.86. The number of carboxylic acids is 1. The summed E-state index contributed by atoms with van der Waals surface area (Å²) in [5, 5.41) is 11.8. The summed E-state index contributed by atoms with van der Waals surface area (Å²) in [7, 11) is 0. The van der Waals surface area contributed by atoms with Gasteiger partial charge in [-0.05, 0) is 81.4 Å². The van der Waals surface area contributed by atoms with Crippen molar-refractivity contribution in [2.24, 2.45) is 11.8 Å². The quantitative estimate of drug-likeness (QED) is 0.456. The summed E-state index contributed by atoms with van der Waals surface area (Å²) < 4.78 is 44.9. The number of fused-ring (bicyclic) bond motifs is 3. The van der Waals surface area contributed by atoms with Crippen molar-refractivity contribution in [3.8, 4) is 5.75 Å². The minimum Gasteiger partial charge on any atom is -0.489 e. The Kier molecular flexibility index (Phi) is 6.68. The van der Waals surface area contributed by atoms with Crippen molar-refractivity contribution >= 4 is 28.3 Å². The Morgan fingerprint density at radius 3 is 2.31 bits per heavy atom. The van der Waals surface area contributed by atoms with Crippen molar-refractivity contribution in [3.05, 3.63) is 40.9 Å². The van der Waals surface area contributed by atoms with Gasteiger partial charge in [0.05, 0.1) is 23.0 Å². The number of hydrogen-bond donors (Lipinski definition) is 1. The second kappa shape index (κ2) is 9.47. The maximum atomic E-state index is 12.9. The van der Waals surface area contributed by atoms with Gasteiger partial charge in [-0.2, -0.15) is 13.2 Å². The molecule has 3 aliphatic rings. The minimum atomic E-state index is -4.13. The van der Waals surface area contributed by atoms with Crippen LogP contribution in [0, 0.1) is 11.8 Å². The van der Waals surface area contributed by atoms with E-state index in [4.69, 9.17) is 16.3 Å². The normalized spacial score (nSPS) is 30.4. The van der Waals surface area contributed by atoms with Crippen LogP contribution in [-0.2, 0) is 4.79 Å². The Morgan fingerprint density at radius 2 is 1.71 bits per heavy atom. The Balaban J connectivity index is 1.29. The molecule has 0 aromatic heterocycles. The van der Waals surface area contributed by atoms with E-state index >= 15 is 0 Å². The molecule has 0 amide bonds. The molecule has 0 spiro atoms. The molecule has 2 aromatic rings. The first kappa shape index (κ1) is 24.7. The maximum absolute atomic E-state index is 12.9. The van der Waals surface area contributed by atoms with E-state index in [2.05, 4.69) is 24.0 Å². The predicted molar refractivity (Wildman–Crippen MR) is 129 cm³/mol. The van der Waals surface area contributed by atoms with E-state index in [-0.39, 0.29) is 30.9 Å². The highest BCUT2D eigenvalue weighted by atomic mass is 35.5. The van der Waals surface area contributed by atoms with Gasteiger partial charge in [0.15, 0.2) is 0 Å². The molecule has 2 heterocycles. The summed E-state index contributed by atoms with van der Waals surface area (Å²) in [5.41, 5.74) is 1.17. The second-order valence-electron chi connectivity index (χ2n) is 10.5. The molecule has 2 aromatic carbocycles. The Hall–Kier alpha value is -1.99. The van der Waals surface area contributed by atoms with Gasteiger partial charge in [-0.1, -0.05) is 29.8 Å². The van der Waals surface area contributed by atoms with Crippen LogP contribution < -0.4 is 4.74 Å². The number of rotatable bonds is 5. The molecule has 8 heteroatoms. The number of alkyl halides is 3. The standard InChI is InChI=1S/C27H31ClF3NO3/c1-15(32-20-6-7-21(32)14-18(13-20)26(33)34)16-2-10-23-17(12-16)3-11-24(25(23)28)35-22-8-4-19(5-9-22)27(29,30)31/h2-3,10-12,15,18-22H,4-9,13-14H2,1H3,(H,33,34). The Morgan fingerprint density at radius 1 is 1.06 bits per heavy atom. The third-order valence-corrected chi connectivity index (χ3v) is 8.83. The molecule has 1 saturated carbocycles. The summed E-state index contributed by atoms with van der Waals surface area (Å²) in [4.78, 5) is 14.0. The maximum Gasteiger partial charge on any atom is 0.391 e. The molecule has 1 N–H and O–H groups in total. The van der Waals surface area contributed by atoms with Crippen molar-refractivity contribution in [3.63, 3.8) is 0 Å². The molecule has 3 unspecified atom stereocenters. The van der Waals surface area contributed by atoms with Gasteiger partial charge in [-0.3, -0.25) is 9.69 Å². The van der Waals surface area contributed by atoms with Crippen molar-refractivity contribution in [2.75, 3.05) is 0 Å². The van der Waals surface area contributed by atoms with Crippen molar-refractivity contribution in [1.29, 1.82) is 0 Å². The summed E-state index contributed by atoms with van der Waals surface area (Å²) in [6, 6.07) is 10.7. The van der Waals surface area contributed by atoms with Gasteiger partial charge in [-0.15, -0.1) is 0 Å². The van der Waals surface area contributed by atoms with Gasteiger partial charge < -0.3 is 9.84 Å². The Bertz CT molecular complexity index is 1090. The molecule has 35 heavy (non-hydrogen) atoms. The van der Waals surface area contributed by atoms with E-state index in [1.165, 1.54) is 5.56 Å². The number of aliphatic carboxylic acids is 1. The van der Waals surface area contributed by atoms with Crippen molar-refractivity contribution in [1.82, 2.24) is 4.90 Å². The molecule has 2 aliphatic heterocycles. The summed E-state index contributed by atoms with van der Waals surface area (Å²) >= 11 is 6.67. The van der Waals surface area contributed by atoms with E-state index in [1.807, 2.05) is 18.2 Å². The molecular formula is C27H31ClF3NO3. The molecule has 3 fully saturated rings. The first-order valence-electron chi connectivity index (χ1n) is 12.6. The lowest BCUT2D eigenvalue weighted by Gasteiger charge is -2.41. The highest BCUT2D eigenvalue weighted by Gasteiger charge is 2.45. The number of carbonyl (C=O) groups is 1. The fourth-order valence-corrected chi connectivity index (χ4v) is 6.83. The first-order chi connectivity index (χ1) is 16.6. The minimum absolute atomic E-state index is 0.0896. The number of nitrogens with zero attached hydrogens (tertiary/aromatic N) is 1. The van der Waals surface area contributed by atoms with Gasteiger partial charge in [-0.25, -0.2) is 0 Å². The van der Waals surface area contributed by atoms with Crippen LogP contribution in [0.2, 0.25) is 5.02 Å². The molecular weight excluding hydrogens is 479 g/mol. The van der Waals surface area contributed by atoms with Crippen LogP contribution in [-0.4, -0.2) is 40.3 Å². The lowest BCUT2D eigenvalue weighted by atomic mass is 9.87. The number of halogens is 4. The zero-order valence-corrected chi connectivity index (χ0v) is 20.5. The molecule has 2 saturated heterocycles. The van der Waals surface area contributed by atoms with Crippen molar-refractivity contribution in [2.45, 2.75) is 88.7 Å². The number of piperidine rings is 1. The van der Waals surface area contributed by atoms with Crippen LogP contribution in [0.4, 0.5) is 13.2 Å². The molecule has 4 nitrogen and oxygen atoms in total. The van der Waals surface area contributed by atoms with Crippen molar-refractivity contribution < 1.29 is 27.8 Å². The van der Waals surface area contributed by atoms with E-state index in [1.54, 1.807) is 0 Å². The number of ether oxygens (including phenoxy) is 1. The highest BCUT2D eigenvalue weighted by molar-refractivity contribution is 6.37. The van der Waals surface area contributed by atoms with E-state index < -0.39 is 18.1 Å². The zero-order valence-electron chi connectivity index (χ0n) is 19.7. The number of carboxylic acid groups (broad SMARTS) is 1. The molecule has 190 valence electrons. The number of benzene rings is 2. The van der Waals surface area contributed by atoms with E-state index in [9.17, 15) is 23.1 Å². The van der Waals surface area contributed by atoms with E-state index in [0.717, 1.165) is 23.6 Å². The van der Waals surface area contributed by atoms with Gasteiger partial charge in [0.25, 0.3) is 0 Å². The van der Waals surface area contributed by atoms with Gasteiger partial charge in [0, 0.05) is 23.5 Å². The molecule has 1 aliphatic carbocycles. The topological polar surface area (TPSA) is 49.8 Å². The van der Waals surface area contributed by atoms with Crippen LogP contribution in [0.5, 0.6) is 5.75 Å². The van der Waals surface area contributed by atoms with Crippen LogP contribution in [0.25, 0.3) is 10.8 Å². The van der Waals surface area contributed by atoms with Gasteiger partial charge in [0.1, 0.15) is 5.75 Å². The van der Waals surface area contributed by atoms with Crippen LogP contribution >= 0.6 is 11.6 Å². The van der Waals surface area contributed by atoms with Crippen LogP contribution in [0.1, 0.15) is 69.9 Å². The Labute approximate surface area is 208 Å². The monoisotopic (exact) mass is 509 g/mol. The summed E-state index contributed by atoms with van der Waals surface area (Å²) in [5.74, 6) is -1.64. The van der Waals surface area contributed by atoms with Crippen LogP contribution in [0.15, 0.2) is 30.3 Å². The van der Waals surface area contributed by atoms with Gasteiger partial charge >= 0.3 is 12.1 Å². The molecule has 2 bridgehead atoms. The predicted octanol–water partition coefficient (Wildman–Crippen LogP) is 7.38. The fraction of sp³-hybridized carbons (Fsp3) is 0.593.